The monoisotopic (exact) mass is 264 g/mol. The second-order valence-corrected chi connectivity index (χ2v) is 5.73. The molecule has 3 N–H and O–H groups in total. The first-order valence-corrected chi connectivity index (χ1v) is 6.99. The largest absolute Gasteiger partial charge is 0.475 e. The molecule has 5 heteroatoms. The Labute approximate surface area is 115 Å². The maximum Gasteiger partial charge on any atom is 0.226 e. The quantitative estimate of drug-likeness (QED) is 0.789. The van der Waals surface area contributed by atoms with Gasteiger partial charge < -0.3 is 15.8 Å². The zero-order valence-corrected chi connectivity index (χ0v) is 12.1. The Morgan fingerprint density at radius 3 is 2.74 bits per heavy atom. The van der Waals surface area contributed by atoms with Crippen molar-refractivity contribution >= 4 is 5.95 Å². The van der Waals surface area contributed by atoms with Crippen LogP contribution in [0.5, 0.6) is 5.88 Å². The molecular formula is C14H24N4O. The summed E-state index contributed by atoms with van der Waals surface area (Å²) in [6.07, 6.45) is 3.69. The number of ether oxygens (including phenoxy) is 1. The molecule has 0 unspecified atom stereocenters. The molecule has 2 rings (SSSR count). The number of aryl methyl sites for hydroxylation is 1. The third kappa shape index (κ3) is 4.06. The van der Waals surface area contributed by atoms with Crippen molar-refractivity contribution in [3.8, 4) is 5.88 Å². The van der Waals surface area contributed by atoms with Gasteiger partial charge in [-0.15, -0.1) is 0 Å². The summed E-state index contributed by atoms with van der Waals surface area (Å²) in [5.74, 6) is 1.28. The van der Waals surface area contributed by atoms with Crippen LogP contribution >= 0.6 is 0 Å². The minimum Gasteiger partial charge on any atom is -0.475 e. The molecule has 0 amide bonds. The summed E-state index contributed by atoms with van der Waals surface area (Å²) in [4.78, 5) is 8.79. The number of rotatable bonds is 7. The summed E-state index contributed by atoms with van der Waals surface area (Å²) in [6, 6.07) is 1.86. The molecule has 1 aromatic heterocycles. The topological polar surface area (TPSA) is 73.1 Å². The molecular weight excluding hydrogens is 240 g/mol. The Kier molecular flexibility index (Phi) is 4.24. The van der Waals surface area contributed by atoms with E-state index in [2.05, 4.69) is 15.3 Å². The highest BCUT2D eigenvalue weighted by Gasteiger charge is 2.41. The van der Waals surface area contributed by atoms with Gasteiger partial charge >= 0.3 is 0 Å². The molecule has 5 nitrogen and oxygen atoms in total. The molecule has 0 aromatic carbocycles. The van der Waals surface area contributed by atoms with E-state index in [0.29, 0.717) is 17.2 Å². The maximum atomic E-state index is 5.65. The molecule has 19 heavy (non-hydrogen) atoms. The van der Waals surface area contributed by atoms with Gasteiger partial charge in [0.15, 0.2) is 0 Å². The lowest BCUT2D eigenvalue weighted by atomic mass is 10.0. The Balaban J connectivity index is 1.98. The summed E-state index contributed by atoms with van der Waals surface area (Å²) >= 11 is 0. The van der Waals surface area contributed by atoms with Gasteiger partial charge in [0.1, 0.15) is 0 Å². The van der Waals surface area contributed by atoms with Gasteiger partial charge in [-0.05, 0) is 52.0 Å². The number of hydrogen-bond donors (Lipinski definition) is 2. The molecule has 1 aromatic rings. The van der Waals surface area contributed by atoms with E-state index in [9.17, 15) is 0 Å². The van der Waals surface area contributed by atoms with Gasteiger partial charge in [-0.25, -0.2) is 4.98 Å². The van der Waals surface area contributed by atoms with E-state index in [0.717, 1.165) is 25.2 Å². The van der Waals surface area contributed by atoms with Crippen molar-refractivity contribution in [2.75, 3.05) is 18.4 Å². The molecule has 0 aliphatic heterocycles. The average molecular weight is 264 g/mol. The Bertz CT molecular complexity index is 429. The standard InChI is InChI=1S/C14H24N4O/c1-10(2)19-12-8-11(3)17-13(18-12)16-9-14(4-5-14)6-7-15/h8,10H,4-7,9,15H2,1-3H3,(H,16,17,18). The Hall–Kier alpha value is -1.36. The predicted molar refractivity (Wildman–Crippen MR) is 76.4 cm³/mol. The maximum absolute atomic E-state index is 5.65. The van der Waals surface area contributed by atoms with E-state index in [1.54, 1.807) is 0 Å². The van der Waals surface area contributed by atoms with Gasteiger partial charge in [-0.3, -0.25) is 0 Å². The zero-order chi connectivity index (χ0) is 13.9. The van der Waals surface area contributed by atoms with Crippen LogP contribution in [-0.2, 0) is 0 Å². The van der Waals surface area contributed by atoms with E-state index in [1.165, 1.54) is 12.8 Å². The van der Waals surface area contributed by atoms with Crippen LogP contribution in [0.4, 0.5) is 5.95 Å². The molecule has 0 saturated heterocycles. The number of aromatic nitrogens is 2. The van der Waals surface area contributed by atoms with Crippen LogP contribution in [0.1, 0.15) is 38.8 Å². The number of hydrogen-bond acceptors (Lipinski definition) is 5. The highest BCUT2D eigenvalue weighted by atomic mass is 16.5. The lowest BCUT2D eigenvalue weighted by Crippen LogP contribution is -2.20. The highest BCUT2D eigenvalue weighted by Crippen LogP contribution is 2.48. The van der Waals surface area contributed by atoms with E-state index in [4.69, 9.17) is 10.5 Å². The van der Waals surface area contributed by atoms with Crippen LogP contribution in [0.15, 0.2) is 6.07 Å². The van der Waals surface area contributed by atoms with Gasteiger partial charge in [0.25, 0.3) is 0 Å². The van der Waals surface area contributed by atoms with Crippen molar-refractivity contribution < 1.29 is 4.74 Å². The van der Waals surface area contributed by atoms with Crippen LogP contribution in [0, 0.1) is 12.3 Å². The smallest absolute Gasteiger partial charge is 0.226 e. The third-order valence-corrected chi connectivity index (χ3v) is 3.44. The summed E-state index contributed by atoms with van der Waals surface area (Å²) in [7, 11) is 0. The Morgan fingerprint density at radius 2 is 2.16 bits per heavy atom. The van der Waals surface area contributed by atoms with Crippen molar-refractivity contribution in [1.29, 1.82) is 0 Å². The van der Waals surface area contributed by atoms with Crippen molar-refractivity contribution in [2.24, 2.45) is 11.1 Å². The van der Waals surface area contributed by atoms with Gasteiger partial charge in [0.05, 0.1) is 6.10 Å². The van der Waals surface area contributed by atoms with Gasteiger partial charge in [-0.2, -0.15) is 4.98 Å². The Morgan fingerprint density at radius 1 is 1.42 bits per heavy atom. The van der Waals surface area contributed by atoms with E-state index in [1.807, 2.05) is 26.8 Å². The second kappa shape index (κ2) is 5.74. The first-order valence-electron chi connectivity index (χ1n) is 6.99. The average Bonchev–Trinajstić information content (AvgIpc) is 3.06. The fourth-order valence-electron chi connectivity index (χ4n) is 2.19. The number of nitrogens with two attached hydrogens (primary N) is 1. The van der Waals surface area contributed by atoms with Crippen molar-refractivity contribution in [2.45, 2.75) is 46.1 Å². The SMILES string of the molecule is Cc1cc(OC(C)C)nc(NCC2(CCN)CC2)n1. The number of nitrogens with zero attached hydrogens (tertiary/aromatic N) is 2. The summed E-state index contributed by atoms with van der Waals surface area (Å²) in [5.41, 5.74) is 6.94. The molecule has 0 spiro atoms. The fourth-order valence-corrected chi connectivity index (χ4v) is 2.19. The summed E-state index contributed by atoms with van der Waals surface area (Å²) in [6.45, 7) is 7.58. The lowest BCUT2D eigenvalue weighted by molar-refractivity contribution is 0.232. The second-order valence-electron chi connectivity index (χ2n) is 5.73. The van der Waals surface area contributed by atoms with Crippen LogP contribution in [0.3, 0.4) is 0 Å². The number of nitrogens with one attached hydrogen (secondary N) is 1. The lowest BCUT2D eigenvalue weighted by Gasteiger charge is -2.16. The molecule has 1 aliphatic rings. The van der Waals surface area contributed by atoms with Crippen LogP contribution in [0.2, 0.25) is 0 Å². The first kappa shape index (κ1) is 14.1. The van der Waals surface area contributed by atoms with Crippen molar-refractivity contribution in [3.05, 3.63) is 11.8 Å². The summed E-state index contributed by atoms with van der Waals surface area (Å²) < 4.78 is 5.62. The predicted octanol–water partition coefficient (Wildman–Crippen LogP) is 2.11. The normalized spacial score (nSPS) is 16.5. The van der Waals surface area contributed by atoms with E-state index >= 15 is 0 Å². The molecule has 106 valence electrons. The summed E-state index contributed by atoms with van der Waals surface area (Å²) in [5, 5.41) is 3.33. The third-order valence-electron chi connectivity index (χ3n) is 3.44. The van der Waals surface area contributed by atoms with Crippen molar-refractivity contribution in [3.63, 3.8) is 0 Å². The first-order chi connectivity index (χ1) is 9.03. The van der Waals surface area contributed by atoms with Crippen molar-refractivity contribution in [1.82, 2.24) is 9.97 Å². The molecule has 0 radical (unpaired) electrons. The van der Waals surface area contributed by atoms with Gasteiger partial charge in [-0.1, -0.05) is 0 Å². The fraction of sp³-hybridized carbons (Fsp3) is 0.714. The molecule has 1 fully saturated rings. The van der Waals surface area contributed by atoms with Gasteiger partial charge in [0, 0.05) is 18.3 Å². The van der Waals surface area contributed by atoms with Crippen LogP contribution in [-0.4, -0.2) is 29.2 Å². The minimum atomic E-state index is 0.120. The molecule has 0 atom stereocenters. The zero-order valence-electron chi connectivity index (χ0n) is 12.1. The molecule has 0 bridgehead atoms. The van der Waals surface area contributed by atoms with E-state index in [-0.39, 0.29) is 6.10 Å². The van der Waals surface area contributed by atoms with Crippen LogP contribution in [0.25, 0.3) is 0 Å². The molecule has 1 saturated carbocycles. The highest BCUT2D eigenvalue weighted by molar-refractivity contribution is 5.31. The van der Waals surface area contributed by atoms with Crippen LogP contribution < -0.4 is 15.8 Å². The molecule has 1 heterocycles. The number of anilines is 1. The minimum absolute atomic E-state index is 0.120. The molecule has 1 aliphatic carbocycles. The van der Waals surface area contributed by atoms with Gasteiger partial charge in [0.2, 0.25) is 11.8 Å². The van der Waals surface area contributed by atoms with E-state index < -0.39 is 0 Å².